The summed E-state index contributed by atoms with van der Waals surface area (Å²) in [5, 5.41) is 28.7. The number of aliphatic carboxylic acids is 1. The minimum atomic E-state index is -0.867. The Hall–Kier alpha value is -1.17. The molecular formula is C18H30O5. The first kappa shape index (κ1) is 19.9. The summed E-state index contributed by atoms with van der Waals surface area (Å²) >= 11 is 0. The Kier molecular flexibility index (Phi) is 9.83. The van der Waals surface area contributed by atoms with Gasteiger partial charge >= 0.3 is 5.97 Å². The predicted octanol–water partition coefficient (Wildman–Crippen LogP) is 2.67. The molecule has 3 N–H and O–H groups in total. The van der Waals surface area contributed by atoms with E-state index >= 15 is 0 Å². The van der Waals surface area contributed by atoms with Crippen LogP contribution < -0.4 is 0 Å². The average molecular weight is 326 g/mol. The molecule has 1 fully saturated rings. The lowest BCUT2D eigenvalue weighted by Gasteiger charge is -2.33. The van der Waals surface area contributed by atoms with Gasteiger partial charge in [-0.3, -0.25) is 4.79 Å². The molecule has 0 aliphatic carbocycles. The van der Waals surface area contributed by atoms with E-state index in [4.69, 9.17) is 9.84 Å². The van der Waals surface area contributed by atoms with Crippen LogP contribution in [-0.4, -0.2) is 46.2 Å². The van der Waals surface area contributed by atoms with Gasteiger partial charge in [0.1, 0.15) is 0 Å². The van der Waals surface area contributed by atoms with Crippen LogP contribution in [-0.2, 0) is 9.53 Å². The van der Waals surface area contributed by atoms with Gasteiger partial charge in [0.15, 0.2) is 0 Å². The molecule has 1 heterocycles. The Morgan fingerprint density at radius 1 is 1.35 bits per heavy atom. The van der Waals surface area contributed by atoms with E-state index in [2.05, 4.69) is 6.92 Å². The lowest BCUT2D eigenvalue weighted by atomic mass is 9.87. The number of carboxylic acids is 1. The quantitative estimate of drug-likeness (QED) is 0.424. The van der Waals surface area contributed by atoms with Gasteiger partial charge in [-0.25, -0.2) is 0 Å². The highest BCUT2D eigenvalue weighted by atomic mass is 16.5. The highest BCUT2D eigenvalue weighted by Crippen LogP contribution is 2.26. The van der Waals surface area contributed by atoms with Crippen molar-refractivity contribution in [3.05, 3.63) is 24.3 Å². The van der Waals surface area contributed by atoms with E-state index in [1.54, 1.807) is 18.2 Å². The smallest absolute Gasteiger partial charge is 0.307 e. The van der Waals surface area contributed by atoms with Gasteiger partial charge in [0.25, 0.3) is 0 Å². The van der Waals surface area contributed by atoms with Gasteiger partial charge in [-0.2, -0.15) is 0 Å². The van der Waals surface area contributed by atoms with E-state index in [1.165, 1.54) is 0 Å². The third kappa shape index (κ3) is 8.30. The van der Waals surface area contributed by atoms with Crippen molar-refractivity contribution in [2.45, 2.75) is 70.2 Å². The van der Waals surface area contributed by atoms with Crippen molar-refractivity contribution in [2.24, 2.45) is 5.92 Å². The Labute approximate surface area is 138 Å². The molecule has 5 nitrogen and oxygen atoms in total. The van der Waals surface area contributed by atoms with Gasteiger partial charge in [0.05, 0.1) is 24.7 Å². The Bertz CT molecular complexity index is 391. The number of carboxylic acid groups (broad SMARTS) is 1. The molecule has 0 radical (unpaired) electrons. The Morgan fingerprint density at radius 3 is 2.83 bits per heavy atom. The van der Waals surface area contributed by atoms with Crippen LogP contribution in [0, 0.1) is 5.92 Å². The van der Waals surface area contributed by atoms with E-state index in [-0.39, 0.29) is 18.4 Å². The summed E-state index contributed by atoms with van der Waals surface area (Å²) < 4.78 is 5.71. The van der Waals surface area contributed by atoms with Crippen molar-refractivity contribution < 1.29 is 24.9 Å². The fraction of sp³-hybridized carbons (Fsp3) is 0.722. The molecule has 1 saturated heterocycles. The van der Waals surface area contributed by atoms with E-state index in [0.717, 1.165) is 25.7 Å². The SMILES string of the molecule is CCCCCC(O)/C=C/[C@H]1OCC[C@H](O)[C@@H]1C/C=C\CC(=O)O. The number of carbonyl (C=O) groups is 1. The molecule has 4 atom stereocenters. The number of unbranched alkanes of at least 4 members (excludes halogenated alkanes) is 2. The zero-order chi connectivity index (χ0) is 17.1. The van der Waals surface area contributed by atoms with E-state index in [1.807, 2.05) is 6.08 Å². The summed E-state index contributed by atoms with van der Waals surface area (Å²) in [6.07, 6.45) is 10.9. The van der Waals surface area contributed by atoms with Crippen molar-refractivity contribution in [1.29, 1.82) is 0 Å². The number of hydrogen-bond donors (Lipinski definition) is 3. The summed E-state index contributed by atoms with van der Waals surface area (Å²) in [6, 6.07) is 0. The van der Waals surface area contributed by atoms with Crippen molar-refractivity contribution in [1.82, 2.24) is 0 Å². The maximum absolute atomic E-state index is 10.5. The molecule has 0 aromatic rings. The van der Waals surface area contributed by atoms with Crippen LogP contribution >= 0.6 is 0 Å². The maximum Gasteiger partial charge on any atom is 0.307 e. The highest BCUT2D eigenvalue weighted by Gasteiger charge is 2.30. The second kappa shape index (κ2) is 11.4. The van der Waals surface area contributed by atoms with Crippen LogP contribution in [0.4, 0.5) is 0 Å². The van der Waals surface area contributed by atoms with E-state index in [0.29, 0.717) is 19.4 Å². The first-order valence-electron chi connectivity index (χ1n) is 8.57. The summed E-state index contributed by atoms with van der Waals surface area (Å²) in [6.45, 7) is 2.62. The first-order chi connectivity index (χ1) is 11.0. The molecule has 1 rings (SSSR count). The number of aliphatic hydroxyl groups excluding tert-OH is 2. The van der Waals surface area contributed by atoms with Gasteiger partial charge in [-0.05, 0) is 19.3 Å². The zero-order valence-electron chi connectivity index (χ0n) is 13.9. The summed E-state index contributed by atoms with van der Waals surface area (Å²) in [7, 11) is 0. The van der Waals surface area contributed by atoms with Crippen LogP contribution in [0.3, 0.4) is 0 Å². The van der Waals surface area contributed by atoms with Gasteiger partial charge in [0.2, 0.25) is 0 Å². The summed E-state index contributed by atoms with van der Waals surface area (Å²) in [4.78, 5) is 10.5. The third-order valence-corrected chi connectivity index (χ3v) is 4.13. The second-order valence-corrected chi connectivity index (χ2v) is 6.11. The van der Waals surface area contributed by atoms with E-state index < -0.39 is 18.2 Å². The average Bonchev–Trinajstić information content (AvgIpc) is 2.51. The van der Waals surface area contributed by atoms with Crippen LogP contribution in [0.25, 0.3) is 0 Å². The Balaban J connectivity index is 2.51. The van der Waals surface area contributed by atoms with Crippen molar-refractivity contribution in [3.63, 3.8) is 0 Å². The van der Waals surface area contributed by atoms with Crippen LogP contribution in [0.1, 0.15) is 51.9 Å². The summed E-state index contributed by atoms with van der Waals surface area (Å²) in [5.41, 5.74) is 0. The molecule has 23 heavy (non-hydrogen) atoms. The maximum atomic E-state index is 10.5. The second-order valence-electron chi connectivity index (χ2n) is 6.11. The number of aliphatic hydroxyl groups is 2. The highest BCUT2D eigenvalue weighted by molar-refractivity contribution is 5.68. The van der Waals surface area contributed by atoms with Gasteiger partial charge in [-0.1, -0.05) is 50.5 Å². The first-order valence-corrected chi connectivity index (χ1v) is 8.57. The molecule has 0 bridgehead atoms. The number of hydrogen-bond acceptors (Lipinski definition) is 4. The van der Waals surface area contributed by atoms with Gasteiger partial charge in [0, 0.05) is 12.5 Å². The van der Waals surface area contributed by atoms with Crippen molar-refractivity contribution in [2.75, 3.05) is 6.61 Å². The lowest BCUT2D eigenvalue weighted by molar-refractivity contribution is -0.136. The summed E-state index contributed by atoms with van der Waals surface area (Å²) in [5.74, 6) is -0.971. The molecule has 1 unspecified atom stereocenters. The number of rotatable bonds is 10. The number of ether oxygens (including phenoxy) is 1. The van der Waals surface area contributed by atoms with Crippen molar-refractivity contribution in [3.8, 4) is 0 Å². The molecule has 5 heteroatoms. The molecular weight excluding hydrogens is 296 g/mol. The third-order valence-electron chi connectivity index (χ3n) is 4.13. The molecule has 0 amide bonds. The van der Waals surface area contributed by atoms with Crippen LogP contribution in [0.2, 0.25) is 0 Å². The van der Waals surface area contributed by atoms with E-state index in [9.17, 15) is 15.0 Å². The molecule has 0 aromatic heterocycles. The predicted molar refractivity (Wildman–Crippen MR) is 89.2 cm³/mol. The topological polar surface area (TPSA) is 87.0 Å². The van der Waals surface area contributed by atoms with Gasteiger partial charge in [-0.15, -0.1) is 0 Å². The largest absolute Gasteiger partial charge is 0.481 e. The molecule has 0 spiro atoms. The molecule has 1 aliphatic heterocycles. The standard InChI is InChI=1S/C18H30O5/c1-2-3-4-7-14(19)10-11-17-15(16(20)12-13-23-17)8-5-6-9-18(21)22/h5-6,10-11,14-17,19-20H,2-4,7-9,12-13H2,1H3,(H,21,22)/b6-5-,11-10+/t14?,15-,16-,17+/m0/s1. The molecule has 132 valence electrons. The van der Waals surface area contributed by atoms with Gasteiger partial charge < -0.3 is 20.1 Å². The van der Waals surface area contributed by atoms with Crippen LogP contribution in [0.5, 0.6) is 0 Å². The molecule has 1 aliphatic rings. The lowest BCUT2D eigenvalue weighted by Crippen LogP contribution is -2.38. The Morgan fingerprint density at radius 2 is 2.13 bits per heavy atom. The normalized spacial score (nSPS) is 26.8. The van der Waals surface area contributed by atoms with Crippen molar-refractivity contribution >= 4 is 5.97 Å². The minimum absolute atomic E-state index is 0.0136. The molecule has 0 saturated carbocycles. The fourth-order valence-electron chi connectivity index (χ4n) is 2.75. The minimum Gasteiger partial charge on any atom is -0.481 e. The number of allylic oxidation sites excluding steroid dienone is 1. The fourth-order valence-corrected chi connectivity index (χ4v) is 2.75. The van der Waals surface area contributed by atoms with Crippen LogP contribution in [0.15, 0.2) is 24.3 Å². The molecule has 0 aromatic carbocycles. The zero-order valence-corrected chi connectivity index (χ0v) is 13.9. The monoisotopic (exact) mass is 326 g/mol.